The molecule has 1 aliphatic rings. The van der Waals surface area contributed by atoms with Crippen molar-refractivity contribution in [2.24, 2.45) is 5.73 Å². The Morgan fingerprint density at radius 3 is 2.53 bits per heavy atom. The molecule has 1 aromatic carbocycles. The van der Waals surface area contributed by atoms with Crippen molar-refractivity contribution in [3.63, 3.8) is 0 Å². The molecule has 2 N–H and O–H groups in total. The van der Waals surface area contributed by atoms with Crippen LogP contribution in [0.1, 0.15) is 42.8 Å². The minimum atomic E-state index is -0.149. The lowest BCUT2D eigenvalue weighted by Gasteiger charge is -2.18. The Balaban J connectivity index is 1.71. The Bertz CT molecular complexity index is 1080. The van der Waals surface area contributed by atoms with Gasteiger partial charge >= 0.3 is 0 Å². The van der Waals surface area contributed by atoms with E-state index in [4.69, 9.17) is 10.5 Å². The number of ether oxygens (including phenoxy) is 1. The molecule has 0 bridgehead atoms. The normalized spacial score (nSPS) is 14.4. The second-order valence-electron chi connectivity index (χ2n) is 7.36. The lowest BCUT2D eigenvalue weighted by atomic mass is 10.1. The van der Waals surface area contributed by atoms with Gasteiger partial charge in [-0.2, -0.15) is 10.2 Å². The van der Waals surface area contributed by atoms with Gasteiger partial charge < -0.3 is 15.4 Å². The fraction of sp³-hybridized carbons (Fsp3) is 0.318. The number of nitrogens with two attached hydrogens (primary N) is 1. The van der Waals surface area contributed by atoms with E-state index in [2.05, 4.69) is 30.9 Å². The van der Waals surface area contributed by atoms with Crippen LogP contribution >= 0.6 is 0 Å². The van der Waals surface area contributed by atoms with Crippen LogP contribution in [0.25, 0.3) is 11.4 Å². The Labute approximate surface area is 175 Å². The van der Waals surface area contributed by atoms with Crippen LogP contribution in [0.15, 0.2) is 36.7 Å². The van der Waals surface area contributed by atoms with Crippen molar-refractivity contribution in [1.29, 1.82) is 5.26 Å². The molecular weight excluding hydrogens is 378 g/mol. The van der Waals surface area contributed by atoms with Crippen LogP contribution in [-0.2, 0) is 0 Å². The van der Waals surface area contributed by atoms with Crippen LogP contribution in [0.5, 0.6) is 11.6 Å². The van der Waals surface area contributed by atoms with Gasteiger partial charge in [0.15, 0.2) is 5.82 Å². The summed E-state index contributed by atoms with van der Waals surface area (Å²) in [7, 11) is 0. The maximum Gasteiger partial charge on any atom is 0.224 e. The number of aryl methyl sites for hydroxylation is 1. The van der Waals surface area contributed by atoms with E-state index in [1.165, 1.54) is 0 Å². The third-order valence-electron chi connectivity index (χ3n) is 4.99. The Kier molecular flexibility index (Phi) is 5.55. The van der Waals surface area contributed by atoms with E-state index in [0.717, 1.165) is 37.3 Å². The van der Waals surface area contributed by atoms with E-state index in [0.29, 0.717) is 34.4 Å². The number of benzene rings is 1. The van der Waals surface area contributed by atoms with Gasteiger partial charge in [0.2, 0.25) is 5.88 Å². The molecule has 0 aliphatic carbocycles. The van der Waals surface area contributed by atoms with Crippen molar-refractivity contribution in [2.45, 2.75) is 32.7 Å². The Morgan fingerprint density at radius 2 is 1.87 bits per heavy atom. The summed E-state index contributed by atoms with van der Waals surface area (Å²) in [4.78, 5) is 20.1. The molecule has 8 nitrogen and oxygen atoms in total. The van der Waals surface area contributed by atoms with Gasteiger partial charge in [0, 0.05) is 43.2 Å². The van der Waals surface area contributed by atoms with Crippen LogP contribution in [0.4, 0.5) is 5.82 Å². The number of nitriles is 1. The summed E-state index contributed by atoms with van der Waals surface area (Å²) < 4.78 is 6.13. The lowest BCUT2D eigenvalue weighted by molar-refractivity contribution is 0.461. The first-order chi connectivity index (χ1) is 14.5. The van der Waals surface area contributed by atoms with Crippen LogP contribution in [0, 0.1) is 18.3 Å². The minimum absolute atomic E-state index is 0.149. The summed E-state index contributed by atoms with van der Waals surface area (Å²) >= 11 is 0. The molecule has 30 heavy (non-hydrogen) atoms. The van der Waals surface area contributed by atoms with E-state index >= 15 is 0 Å². The van der Waals surface area contributed by atoms with E-state index in [9.17, 15) is 5.26 Å². The molecule has 1 fully saturated rings. The highest BCUT2D eigenvalue weighted by Gasteiger charge is 2.17. The Morgan fingerprint density at radius 1 is 1.13 bits per heavy atom. The molecule has 152 valence electrons. The van der Waals surface area contributed by atoms with Gasteiger partial charge in [-0.15, -0.1) is 0 Å². The second-order valence-corrected chi connectivity index (χ2v) is 7.36. The highest BCUT2D eigenvalue weighted by atomic mass is 16.5. The quantitative estimate of drug-likeness (QED) is 0.691. The molecule has 1 saturated heterocycles. The molecule has 0 radical (unpaired) electrons. The second kappa shape index (κ2) is 8.43. The van der Waals surface area contributed by atoms with Crippen molar-refractivity contribution in [3.05, 3.63) is 53.6 Å². The molecule has 0 saturated carbocycles. The number of hydrogen-bond donors (Lipinski definition) is 1. The first-order valence-electron chi connectivity index (χ1n) is 9.94. The van der Waals surface area contributed by atoms with Gasteiger partial charge in [-0.25, -0.2) is 15.0 Å². The van der Waals surface area contributed by atoms with Crippen molar-refractivity contribution in [3.8, 4) is 29.1 Å². The smallest absolute Gasteiger partial charge is 0.224 e. The molecule has 0 amide bonds. The molecule has 1 unspecified atom stereocenters. The monoisotopic (exact) mass is 401 g/mol. The number of aromatic nitrogens is 4. The summed E-state index contributed by atoms with van der Waals surface area (Å²) in [5, 5.41) is 9.34. The molecule has 8 heteroatoms. The maximum absolute atomic E-state index is 9.34. The fourth-order valence-corrected chi connectivity index (χ4v) is 3.37. The zero-order chi connectivity index (χ0) is 21.1. The van der Waals surface area contributed by atoms with Crippen LogP contribution in [0.2, 0.25) is 0 Å². The van der Waals surface area contributed by atoms with E-state index in [1.807, 2.05) is 19.9 Å². The summed E-state index contributed by atoms with van der Waals surface area (Å²) in [5.74, 6) is 2.86. The third-order valence-corrected chi connectivity index (χ3v) is 4.99. The first kappa shape index (κ1) is 19.7. The van der Waals surface area contributed by atoms with E-state index in [-0.39, 0.29) is 6.04 Å². The first-order valence-corrected chi connectivity index (χ1v) is 9.94. The van der Waals surface area contributed by atoms with Crippen molar-refractivity contribution in [2.75, 3.05) is 18.0 Å². The summed E-state index contributed by atoms with van der Waals surface area (Å²) in [6.45, 7) is 5.68. The number of rotatable bonds is 5. The molecular formula is C22H23N7O. The van der Waals surface area contributed by atoms with E-state index in [1.54, 1.807) is 30.6 Å². The molecule has 4 rings (SSSR count). The van der Waals surface area contributed by atoms with Gasteiger partial charge in [-0.1, -0.05) is 0 Å². The molecule has 0 spiro atoms. The molecule has 1 aliphatic heterocycles. The summed E-state index contributed by atoms with van der Waals surface area (Å²) in [6, 6.07) is 9.00. The van der Waals surface area contributed by atoms with Gasteiger partial charge in [-0.3, -0.25) is 0 Å². The molecule has 3 aromatic rings. The molecule has 2 aromatic heterocycles. The number of hydrogen-bond acceptors (Lipinski definition) is 8. The van der Waals surface area contributed by atoms with E-state index < -0.39 is 0 Å². The van der Waals surface area contributed by atoms with Crippen LogP contribution < -0.4 is 15.4 Å². The van der Waals surface area contributed by atoms with Gasteiger partial charge in [-0.05, 0) is 44.9 Å². The zero-order valence-electron chi connectivity index (χ0n) is 17.0. The standard InChI is InChI=1S/C22H23N7O/c1-14(24)17-12-25-22(26-13-17)18-6-5-16(11-23)9-19(18)30-21-10-20(27-15(2)28-21)29-7-3-4-8-29/h5-6,9-10,12-14H,3-4,7-8,24H2,1-2H3. The van der Waals surface area contributed by atoms with Crippen molar-refractivity contribution >= 4 is 5.82 Å². The summed E-state index contributed by atoms with van der Waals surface area (Å²) in [5.41, 5.74) is 7.89. The highest BCUT2D eigenvalue weighted by Crippen LogP contribution is 2.33. The SMILES string of the molecule is Cc1nc(Oc2cc(C#N)ccc2-c2ncc(C(C)N)cn2)cc(N2CCCC2)n1. The number of nitrogens with zero attached hydrogens (tertiary/aromatic N) is 6. The average Bonchev–Trinajstić information content (AvgIpc) is 3.28. The van der Waals surface area contributed by atoms with Gasteiger partial charge in [0.05, 0.1) is 17.2 Å². The summed E-state index contributed by atoms with van der Waals surface area (Å²) in [6.07, 6.45) is 5.72. The van der Waals surface area contributed by atoms with Crippen molar-refractivity contribution < 1.29 is 4.74 Å². The van der Waals surface area contributed by atoms with Crippen molar-refractivity contribution in [1.82, 2.24) is 19.9 Å². The molecule has 1 atom stereocenters. The maximum atomic E-state index is 9.34. The highest BCUT2D eigenvalue weighted by molar-refractivity contribution is 5.66. The topological polar surface area (TPSA) is 114 Å². The van der Waals surface area contributed by atoms with Gasteiger partial charge in [0.25, 0.3) is 0 Å². The van der Waals surface area contributed by atoms with Crippen LogP contribution in [0.3, 0.4) is 0 Å². The number of anilines is 1. The van der Waals surface area contributed by atoms with Crippen LogP contribution in [-0.4, -0.2) is 33.0 Å². The minimum Gasteiger partial charge on any atom is -0.438 e. The average molecular weight is 401 g/mol. The predicted octanol–water partition coefficient (Wildman–Crippen LogP) is 3.53. The van der Waals surface area contributed by atoms with Gasteiger partial charge in [0.1, 0.15) is 17.4 Å². The molecule has 3 heterocycles. The largest absolute Gasteiger partial charge is 0.438 e. The fourth-order valence-electron chi connectivity index (χ4n) is 3.37. The zero-order valence-corrected chi connectivity index (χ0v) is 17.0. The predicted molar refractivity (Wildman–Crippen MR) is 113 cm³/mol. The Hall–Kier alpha value is -3.57. The third kappa shape index (κ3) is 4.21. The lowest BCUT2D eigenvalue weighted by Crippen LogP contribution is -2.19.